The van der Waals surface area contributed by atoms with Gasteiger partial charge in [-0.05, 0) is 74.6 Å². The molecule has 3 fully saturated rings. The zero-order valence-corrected chi connectivity index (χ0v) is 19.6. The number of ether oxygens (including phenoxy) is 1. The smallest absolute Gasteiger partial charge is 0.375 e. The molecule has 1 aliphatic carbocycles. The molecule has 0 radical (unpaired) electrons. The summed E-state index contributed by atoms with van der Waals surface area (Å²) in [4.78, 5) is 13.0. The Labute approximate surface area is 201 Å². The largest absolute Gasteiger partial charge is 0.416 e. The molecule has 1 aromatic carbocycles. The van der Waals surface area contributed by atoms with E-state index in [4.69, 9.17) is 4.74 Å². The molecule has 1 aromatic rings. The van der Waals surface area contributed by atoms with Gasteiger partial charge in [0.25, 0.3) is 0 Å². The summed E-state index contributed by atoms with van der Waals surface area (Å²) in [6.45, 7) is 1.65. The summed E-state index contributed by atoms with van der Waals surface area (Å²) in [6, 6.07) is 1.93. The lowest BCUT2D eigenvalue weighted by atomic mass is 9.91. The summed E-state index contributed by atoms with van der Waals surface area (Å²) in [6.07, 6.45) is -1.97. The van der Waals surface area contributed by atoms with E-state index in [1.165, 1.54) is 0 Å². The Bertz CT molecular complexity index is 859. The average Bonchev–Trinajstić information content (AvgIpc) is 3.33. The molecule has 4 rings (SSSR count). The second kappa shape index (κ2) is 10.3. The van der Waals surface area contributed by atoms with Gasteiger partial charge in [0.05, 0.1) is 23.3 Å². The van der Waals surface area contributed by atoms with Crippen molar-refractivity contribution in [1.29, 1.82) is 0 Å². The molecule has 196 valence electrons. The molecule has 3 unspecified atom stereocenters. The standard InChI is InChI=1S/C25H32F6N2O2/c1-2-3-15-8-18(33-19-10-20-4-5-21(11-19)35-20)12-22(15)23(34)32-13-14-6-16(24(26,27)28)9-17(7-14)25(29,30)31/h6-7,9,15,18-22,33H,2-5,8,10-13H2,1H3,(H,32,34)/t15?,18-,19?,20?,21?,22-/m1/s1. The highest BCUT2D eigenvalue weighted by atomic mass is 19.4. The van der Waals surface area contributed by atoms with Crippen molar-refractivity contribution in [3.63, 3.8) is 0 Å². The normalized spacial score (nSPS) is 31.1. The Morgan fingerprint density at radius 3 is 2.03 bits per heavy atom. The molecule has 0 spiro atoms. The quantitative estimate of drug-likeness (QED) is 0.458. The van der Waals surface area contributed by atoms with Gasteiger partial charge in [-0.15, -0.1) is 0 Å². The third-order valence-corrected chi connectivity index (χ3v) is 7.57. The van der Waals surface area contributed by atoms with Crippen molar-refractivity contribution in [3.05, 3.63) is 34.9 Å². The fourth-order valence-electron chi connectivity index (χ4n) is 6.04. The number of rotatable bonds is 7. The van der Waals surface area contributed by atoms with Crippen LogP contribution in [0.4, 0.5) is 26.3 Å². The van der Waals surface area contributed by atoms with Gasteiger partial charge in [-0.2, -0.15) is 26.3 Å². The van der Waals surface area contributed by atoms with E-state index in [9.17, 15) is 31.1 Å². The maximum atomic E-state index is 13.1. The van der Waals surface area contributed by atoms with Crippen molar-refractivity contribution >= 4 is 5.91 Å². The maximum absolute atomic E-state index is 13.1. The summed E-state index contributed by atoms with van der Waals surface area (Å²) in [5.74, 6) is -0.510. The number of hydrogen-bond donors (Lipinski definition) is 2. The number of nitrogens with one attached hydrogen (secondary N) is 2. The third-order valence-electron chi connectivity index (χ3n) is 7.57. The van der Waals surface area contributed by atoms with E-state index in [1.807, 2.05) is 6.92 Å². The molecule has 2 bridgehead atoms. The van der Waals surface area contributed by atoms with Crippen LogP contribution in [0.2, 0.25) is 0 Å². The minimum Gasteiger partial charge on any atom is -0.375 e. The van der Waals surface area contributed by atoms with Crippen LogP contribution in [0.5, 0.6) is 0 Å². The fourth-order valence-corrected chi connectivity index (χ4v) is 6.04. The third kappa shape index (κ3) is 6.50. The predicted molar refractivity (Wildman–Crippen MR) is 117 cm³/mol. The topological polar surface area (TPSA) is 50.4 Å². The van der Waals surface area contributed by atoms with Gasteiger partial charge in [0.15, 0.2) is 0 Å². The minimum absolute atomic E-state index is 0.0956. The Balaban J connectivity index is 1.40. The molecule has 2 aliphatic heterocycles. The highest BCUT2D eigenvalue weighted by Gasteiger charge is 2.41. The number of alkyl halides is 6. The van der Waals surface area contributed by atoms with Crippen LogP contribution in [0.3, 0.4) is 0 Å². The number of carbonyl (C=O) groups is 1. The monoisotopic (exact) mass is 506 g/mol. The molecule has 3 aliphatic rings. The van der Waals surface area contributed by atoms with Crippen LogP contribution in [-0.2, 0) is 28.4 Å². The SMILES string of the molecule is CCCC1C[C@@H](NC2CC3CCC(C2)O3)C[C@H]1C(=O)NCc1cc(C(F)(F)F)cc(C(F)(F)F)c1. The van der Waals surface area contributed by atoms with Gasteiger partial charge in [-0.25, -0.2) is 0 Å². The first-order valence-corrected chi connectivity index (χ1v) is 12.4. The first kappa shape index (κ1) is 26.3. The van der Waals surface area contributed by atoms with Crippen LogP contribution in [0.1, 0.15) is 75.0 Å². The summed E-state index contributed by atoms with van der Waals surface area (Å²) in [5, 5.41) is 6.32. The van der Waals surface area contributed by atoms with Gasteiger partial charge in [0.1, 0.15) is 0 Å². The maximum Gasteiger partial charge on any atom is 0.416 e. The van der Waals surface area contributed by atoms with Gasteiger partial charge in [0.2, 0.25) is 5.91 Å². The Morgan fingerprint density at radius 2 is 1.49 bits per heavy atom. The van der Waals surface area contributed by atoms with Gasteiger partial charge in [0, 0.05) is 24.5 Å². The van der Waals surface area contributed by atoms with Crippen LogP contribution in [-0.4, -0.2) is 30.2 Å². The lowest BCUT2D eigenvalue weighted by Gasteiger charge is -2.31. The summed E-state index contributed by atoms with van der Waals surface area (Å²) >= 11 is 0. The number of benzene rings is 1. The Kier molecular flexibility index (Phi) is 7.71. The van der Waals surface area contributed by atoms with E-state index in [0.29, 0.717) is 36.8 Å². The summed E-state index contributed by atoms with van der Waals surface area (Å²) in [7, 11) is 0. The zero-order chi connectivity index (χ0) is 25.4. The fraction of sp³-hybridized carbons (Fsp3) is 0.720. The van der Waals surface area contributed by atoms with Crippen LogP contribution in [0.15, 0.2) is 18.2 Å². The van der Waals surface area contributed by atoms with E-state index < -0.39 is 23.5 Å². The molecule has 1 amide bonds. The summed E-state index contributed by atoms with van der Waals surface area (Å²) in [5.41, 5.74) is -2.98. The highest BCUT2D eigenvalue weighted by Crippen LogP contribution is 2.39. The molecule has 0 aromatic heterocycles. The number of amides is 1. The van der Waals surface area contributed by atoms with Gasteiger partial charge >= 0.3 is 12.4 Å². The van der Waals surface area contributed by atoms with Gasteiger partial charge in [-0.3, -0.25) is 4.79 Å². The molecule has 4 nitrogen and oxygen atoms in total. The highest BCUT2D eigenvalue weighted by molar-refractivity contribution is 5.79. The second-order valence-corrected chi connectivity index (χ2v) is 10.2. The predicted octanol–water partition coefficient (Wildman–Crippen LogP) is 5.83. The second-order valence-electron chi connectivity index (χ2n) is 10.2. The zero-order valence-electron chi connectivity index (χ0n) is 19.6. The lowest BCUT2D eigenvalue weighted by Crippen LogP contribution is -2.43. The van der Waals surface area contributed by atoms with Crippen molar-refractivity contribution in [2.24, 2.45) is 11.8 Å². The van der Waals surface area contributed by atoms with Crippen LogP contribution in [0.25, 0.3) is 0 Å². The summed E-state index contributed by atoms with van der Waals surface area (Å²) < 4.78 is 84.7. The molecule has 2 heterocycles. The van der Waals surface area contributed by atoms with Crippen LogP contribution in [0, 0.1) is 11.8 Å². The van der Waals surface area contributed by atoms with Gasteiger partial charge in [-0.1, -0.05) is 13.3 Å². The van der Waals surface area contributed by atoms with Crippen molar-refractivity contribution in [2.45, 2.75) is 101 Å². The van der Waals surface area contributed by atoms with Crippen molar-refractivity contribution in [2.75, 3.05) is 0 Å². The van der Waals surface area contributed by atoms with E-state index in [-0.39, 0.29) is 42.0 Å². The molecule has 2 saturated heterocycles. The van der Waals surface area contributed by atoms with Crippen LogP contribution >= 0.6 is 0 Å². The number of hydrogen-bond acceptors (Lipinski definition) is 3. The lowest BCUT2D eigenvalue weighted by molar-refractivity contribution is -0.143. The van der Waals surface area contributed by atoms with Crippen molar-refractivity contribution in [3.8, 4) is 0 Å². The first-order chi connectivity index (χ1) is 16.4. The van der Waals surface area contributed by atoms with Crippen molar-refractivity contribution < 1.29 is 35.9 Å². The van der Waals surface area contributed by atoms with Gasteiger partial charge < -0.3 is 15.4 Å². The molecule has 2 N–H and O–H groups in total. The number of halogens is 6. The molecule has 10 heteroatoms. The molecular formula is C25H32F6N2O2. The van der Waals surface area contributed by atoms with E-state index >= 15 is 0 Å². The van der Waals surface area contributed by atoms with E-state index in [2.05, 4.69) is 10.6 Å². The number of fused-ring (bicyclic) bond motifs is 2. The minimum atomic E-state index is -4.92. The molecule has 1 saturated carbocycles. The average molecular weight is 507 g/mol. The molecule has 35 heavy (non-hydrogen) atoms. The van der Waals surface area contributed by atoms with E-state index in [0.717, 1.165) is 44.9 Å². The molecule has 5 atom stereocenters. The Hall–Kier alpha value is -1.81. The van der Waals surface area contributed by atoms with Crippen molar-refractivity contribution in [1.82, 2.24) is 10.6 Å². The Morgan fingerprint density at radius 1 is 0.914 bits per heavy atom. The number of carbonyl (C=O) groups excluding carboxylic acids is 1. The van der Waals surface area contributed by atoms with Crippen LogP contribution < -0.4 is 10.6 Å². The van der Waals surface area contributed by atoms with E-state index in [1.54, 1.807) is 0 Å². The first-order valence-electron chi connectivity index (χ1n) is 12.4. The molecular weight excluding hydrogens is 474 g/mol.